The van der Waals surface area contributed by atoms with E-state index in [1.54, 1.807) is 0 Å². The molecular weight excluding hydrogens is 214 g/mol. The number of benzene rings is 1. The number of hydrogen-bond donors (Lipinski definition) is 1. The van der Waals surface area contributed by atoms with Gasteiger partial charge in [0.1, 0.15) is 6.61 Å². The molecule has 1 fully saturated rings. The van der Waals surface area contributed by atoms with Crippen LogP contribution in [0.1, 0.15) is 31.7 Å². The normalized spacial score (nSPS) is 17.0. The number of rotatable bonds is 4. The average molecular weight is 233 g/mol. The molecule has 1 amide bonds. The van der Waals surface area contributed by atoms with E-state index in [4.69, 9.17) is 4.74 Å². The third kappa shape index (κ3) is 3.48. The second-order valence-corrected chi connectivity index (χ2v) is 4.69. The lowest BCUT2D eigenvalue weighted by Crippen LogP contribution is -2.40. The van der Waals surface area contributed by atoms with Crippen LogP contribution < -0.4 is 5.32 Å². The van der Waals surface area contributed by atoms with Crippen molar-refractivity contribution in [3.8, 4) is 0 Å². The van der Waals surface area contributed by atoms with Crippen LogP contribution in [0.25, 0.3) is 0 Å². The molecule has 1 aromatic carbocycles. The summed E-state index contributed by atoms with van der Waals surface area (Å²) in [5.41, 5.74) is 1.01. The van der Waals surface area contributed by atoms with Crippen LogP contribution in [0.2, 0.25) is 0 Å². The summed E-state index contributed by atoms with van der Waals surface area (Å²) < 4.78 is 5.17. The molecule has 17 heavy (non-hydrogen) atoms. The molecule has 0 aromatic heterocycles. The third-order valence-corrected chi connectivity index (χ3v) is 3.42. The fraction of sp³-hybridized carbons (Fsp3) is 0.500. The smallest absolute Gasteiger partial charge is 0.407 e. The van der Waals surface area contributed by atoms with E-state index in [1.165, 1.54) is 19.3 Å². The molecule has 1 aliphatic carbocycles. The van der Waals surface area contributed by atoms with Crippen molar-refractivity contribution < 1.29 is 9.53 Å². The van der Waals surface area contributed by atoms with Crippen molar-refractivity contribution in [3.63, 3.8) is 0 Å². The van der Waals surface area contributed by atoms with Crippen molar-refractivity contribution in [1.29, 1.82) is 0 Å². The molecule has 1 aliphatic rings. The molecule has 1 aromatic rings. The SMILES string of the molecule is CC(NC(=O)OCc1ccccc1)C1CCC1. The maximum Gasteiger partial charge on any atom is 0.407 e. The Bertz CT molecular complexity index is 360. The van der Waals surface area contributed by atoms with Crippen LogP contribution in [0.3, 0.4) is 0 Å². The van der Waals surface area contributed by atoms with Gasteiger partial charge >= 0.3 is 6.09 Å². The number of alkyl carbamates (subject to hydrolysis) is 1. The molecule has 3 nitrogen and oxygen atoms in total. The van der Waals surface area contributed by atoms with E-state index in [9.17, 15) is 4.79 Å². The van der Waals surface area contributed by atoms with E-state index in [0.29, 0.717) is 12.5 Å². The van der Waals surface area contributed by atoms with Gasteiger partial charge in [-0.3, -0.25) is 0 Å². The van der Waals surface area contributed by atoms with Gasteiger partial charge in [-0.15, -0.1) is 0 Å². The number of amides is 1. The Balaban J connectivity index is 1.70. The Kier molecular flexibility index (Phi) is 4.02. The van der Waals surface area contributed by atoms with Crippen LogP contribution in [0.15, 0.2) is 30.3 Å². The minimum absolute atomic E-state index is 0.229. The van der Waals surface area contributed by atoms with Gasteiger partial charge in [0.25, 0.3) is 0 Å². The lowest BCUT2D eigenvalue weighted by molar-refractivity contribution is 0.127. The summed E-state index contributed by atoms with van der Waals surface area (Å²) in [6, 6.07) is 9.95. The van der Waals surface area contributed by atoms with Gasteiger partial charge in [-0.1, -0.05) is 36.8 Å². The van der Waals surface area contributed by atoms with Gasteiger partial charge in [0, 0.05) is 6.04 Å². The van der Waals surface area contributed by atoms with Gasteiger partial charge in [0.05, 0.1) is 0 Å². The predicted molar refractivity (Wildman–Crippen MR) is 66.6 cm³/mol. The molecule has 92 valence electrons. The Morgan fingerprint density at radius 3 is 2.71 bits per heavy atom. The lowest BCUT2D eigenvalue weighted by Gasteiger charge is -2.31. The molecule has 0 saturated heterocycles. The van der Waals surface area contributed by atoms with Crippen LogP contribution in [0.4, 0.5) is 4.79 Å². The summed E-state index contributed by atoms with van der Waals surface area (Å²) >= 11 is 0. The second-order valence-electron chi connectivity index (χ2n) is 4.69. The highest BCUT2D eigenvalue weighted by Gasteiger charge is 2.25. The maximum atomic E-state index is 11.5. The summed E-state index contributed by atoms with van der Waals surface area (Å²) in [7, 11) is 0. The number of carbonyl (C=O) groups excluding carboxylic acids is 1. The Hall–Kier alpha value is -1.51. The highest BCUT2D eigenvalue weighted by molar-refractivity contribution is 5.67. The third-order valence-electron chi connectivity index (χ3n) is 3.42. The van der Waals surface area contributed by atoms with Gasteiger partial charge in [-0.2, -0.15) is 0 Å². The molecule has 0 heterocycles. The Morgan fingerprint density at radius 1 is 1.41 bits per heavy atom. The zero-order chi connectivity index (χ0) is 12.1. The maximum absolute atomic E-state index is 11.5. The molecule has 2 rings (SSSR count). The molecular formula is C14H19NO2. The largest absolute Gasteiger partial charge is 0.445 e. The van der Waals surface area contributed by atoms with Crippen molar-refractivity contribution in [2.75, 3.05) is 0 Å². The van der Waals surface area contributed by atoms with Crippen LogP contribution in [-0.2, 0) is 11.3 Å². The molecule has 0 radical (unpaired) electrons. The van der Waals surface area contributed by atoms with Gasteiger partial charge in [-0.25, -0.2) is 4.79 Å². The monoisotopic (exact) mass is 233 g/mol. The van der Waals surface area contributed by atoms with Crippen molar-refractivity contribution in [2.45, 2.75) is 38.8 Å². The topological polar surface area (TPSA) is 38.3 Å². The highest BCUT2D eigenvalue weighted by Crippen LogP contribution is 2.29. The van der Waals surface area contributed by atoms with Crippen LogP contribution in [0, 0.1) is 5.92 Å². The first-order valence-electron chi connectivity index (χ1n) is 6.23. The standard InChI is InChI=1S/C14H19NO2/c1-11(13-8-5-9-13)15-14(16)17-10-12-6-3-2-4-7-12/h2-4,6-7,11,13H,5,8-10H2,1H3,(H,15,16). The number of hydrogen-bond acceptors (Lipinski definition) is 2. The number of carbonyl (C=O) groups is 1. The molecule has 0 spiro atoms. The summed E-state index contributed by atoms with van der Waals surface area (Å²) in [5, 5.41) is 2.89. The Labute approximate surface area is 102 Å². The number of nitrogens with one attached hydrogen (secondary N) is 1. The minimum atomic E-state index is -0.312. The van der Waals surface area contributed by atoms with Crippen LogP contribution in [-0.4, -0.2) is 12.1 Å². The molecule has 1 unspecified atom stereocenters. The second kappa shape index (κ2) is 5.71. The van der Waals surface area contributed by atoms with E-state index in [0.717, 1.165) is 5.56 Å². The number of ether oxygens (including phenoxy) is 1. The van der Waals surface area contributed by atoms with Gasteiger partial charge < -0.3 is 10.1 Å². The molecule has 1 saturated carbocycles. The summed E-state index contributed by atoms with van der Waals surface area (Å²) in [6.45, 7) is 2.39. The van der Waals surface area contributed by atoms with Crippen LogP contribution in [0.5, 0.6) is 0 Å². The molecule has 0 bridgehead atoms. The quantitative estimate of drug-likeness (QED) is 0.867. The fourth-order valence-electron chi connectivity index (χ4n) is 2.01. The average Bonchev–Trinajstić information content (AvgIpc) is 2.25. The zero-order valence-corrected chi connectivity index (χ0v) is 10.2. The fourth-order valence-corrected chi connectivity index (χ4v) is 2.01. The molecule has 0 aliphatic heterocycles. The summed E-state index contributed by atoms with van der Waals surface area (Å²) in [5.74, 6) is 0.638. The predicted octanol–water partition coefficient (Wildman–Crippen LogP) is 3.10. The van der Waals surface area contributed by atoms with E-state index < -0.39 is 0 Å². The van der Waals surface area contributed by atoms with Crippen molar-refractivity contribution >= 4 is 6.09 Å². The first-order chi connectivity index (χ1) is 8.25. The van der Waals surface area contributed by atoms with Crippen molar-refractivity contribution in [3.05, 3.63) is 35.9 Å². The summed E-state index contributed by atoms with van der Waals surface area (Å²) in [6.07, 6.45) is 3.42. The minimum Gasteiger partial charge on any atom is -0.445 e. The zero-order valence-electron chi connectivity index (χ0n) is 10.2. The highest BCUT2D eigenvalue weighted by atomic mass is 16.5. The first kappa shape index (κ1) is 12.0. The molecule has 1 N–H and O–H groups in total. The van der Waals surface area contributed by atoms with Crippen molar-refractivity contribution in [2.24, 2.45) is 5.92 Å². The lowest BCUT2D eigenvalue weighted by atomic mass is 9.80. The first-order valence-corrected chi connectivity index (χ1v) is 6.23. The van der Waals surface area contributed by atoms with Crippen molar-refractivity contribution in [1.82, 2.24) is 5.32 Å². The summed E-state index contributed by atoms with van der Waals surface area (Å²) in [4.78, 5) is 11.5. The van der Waals surface area contributed by atoms with E-state index in [1.807, 2.05) is 37.3 Å². The van der Waals surface area contributed by atoms with Gasteiger partial charge in [-0.05, 0) is 31.2 Å². The van der Waals surface area contributed by atoms with E-state index in [-0.39, 0.29) is 12.1 Å². The molecule has 1 atom stereocenters. The van der Waals surface area contributed by atoms with Gasteiger partial charge in [0.15, 0.2) is 0 Å². The van der Waals surface area contributed by atoms with E-state index in [2.05, 4.69) is 5.32 Å². The van der Waals surface area contributed by atoms with Crippen LogP contribution >= 0.6 is 0 Å². The Morgan fingerprint density at radius 2 is 2.12 bits per heavy atom. The van der Waals surface area contributed by atoms with E-state index >= 15 is 0 Å². The van der Waals surface area contributed by atoms with Gasteiger partial charge in [0.2, 0.25) is 0 Å². The molecule has 3 heteroatoms.